The molecule has 0 atom stereocenters. The molecule has 0 amide bonds. The second-order valence-electron chi connectivity index (χ2n) is 14.8. The van der Waals surface area contributed by atoms with Crippen LogP contribution in [0.5, 0.6) is 0 Å². The van der Waals surface area contributed by atoms with Crippen molar-refractivity contribution in [3.63, 3.8) is 0 Å². The highest BCUT2D eigenvalue weighted by atomic mass is 16.6. The average molecular weight is 523 g/mol. The molecule has 37 heavy (non-hydrogen) atoms. The molecule has 2 fully saturated rings. The van der Waals surface area contributed by atoms with E-state index < -0.39 is 5.60 Å². The lowest BCUT2D eigenvalue weighted by molar-refractivity contribution is -0.178. The van der Waals surface area contributed by atoms with Crippen LogP contribution < -0.4 is 0 Å². The van der Waals surface area contributed by atoms with Gasteiger partial charge in [0, 0.05) is 60.7 Å². The Hall–Kier alpha value is -1.14. The summed E-state index contributed by atoms with van der Waals surface area (Å²) in [6.07, 6.45) is 10.4. The van der Waals surface area contributed by atoms with Crippen molar-refractivity contribution < 1.29 is 19.1 Å². The van der Waals surface area contributed by atoms with E-state index in [1.165, 1.54) is 0 Å². The second kappa shape index (κ2) is 11.9. The van der Waals surface area contributed by atoms with Crippen molar-refractivity contribution in [1.82, 2.24) is 9.80 Å². The summed E-state index contributed by atoms with van der Waals surface area (Å²) in [6.45, 7) is 19.9. The Labute approximate surface area is 228 Å². The lowest BCUT2D eigenvalue weighted by atomic mass is 9.72. The van der Waals surface area contributed by atoms with E-state index in [9.17, 15) is 9.59 Å². The Kier molecular flexibility index (Phi) is 10.3. The van der Waals surface area contributed by atoms with Gasteiger partial charge in [-0.2, -0.15) is 0 Å². The van der Waals surface area contributed by atoms with Gasteiger partial charge in [0.05, 0.1) is 0 Å². The fourth-order valence-corrected chi connectivity index (χ4v) is 7.20. The third kappa shape index (κ3) is 8.95. The smallest absolute Gasteiger partial charge is 0.306 e. The minimum atomic E-state index is -0.412. The number of nitrogens with zero attached hydrogens (tertiary/aromatic N) is 2. The van der Waals surface area contributed by atoms with Gasteiger partial charge in [0.1, 0.15) is 11.7 Å². The third-order valence-electron chi connectivity index (χ3n) is 9.37. The van der Waals surface area contributed by atoms with E-state index >= 15 is 0 Å². The SMILES string of the molecule is CN1C(C)(C)CC(OC(=O)CCCCCCCCC(=O)OC2(C)CC(C)(C)N(C)C(C)(C)C2)CC1(C)C. The molecule has 2 heterocycles. The zero-order valence-electron chi connectivity index (χ0n) is 26.1. The normalized spacial score (nSPS) is 24.9. The molecule has 0 unspecified atom stereocenters. The minimum absolute atomic E-state index is 0.00220. The molecule has 2 aliphatic rings. The Balaban J connectivity index is 1.58. The van der Waals surface area contributed by atoms with Crippen LogP contribution in [0.25, 0.3) is 0 Å². The standard InChI is InChI=1S/C31H58N2O4/c1-27(2)20-24(21-28(3,4)32(27)10)36-25(34)18-16-14-12-13-15-17-19-26(35)37-31(9)22-29(5,6)33(11)30(7,8)23-31/h24H,12-23H2,1-11H3. The third-order valence-corrected chi connectivity index (χ3v) is 9.37. The summed E-state index contributed by atoms with van der Waals surface area (Å²) in [5.74, 6) is -0.126. The first-order valence-electron chi connectivity index (χ1n) is 14.7. The van der Waals surface area contributed by atoms with Crippen molar-refractivity contribution in [2.45, 2.75) is 173 Å². The Morgan fingerprint density at radius 3 is 1.46 bits per heavy atom. The van der Waals surface area contributed by atoms with E-state index in [2.05, 4.69) is 86.2 Å². The number of ether oxygens (including phenoxy) is 2. The van der Waals surface area contributed by atoms with Crippen molar-refractivity contribution in [3.8, 4) is 0 Å². The van der Waals surface area contributed by atoms with Gasteiger partial charge in [-0.1, -0.05) is 25.7 Å². The van der Waals surface area contributed by atoms with Crippen LogP contribution in [0.2, 0.25) is 0 Å². The first kappa shape index (κ1) is 32.1. The summed E-state index contributed by atoms with van der Waals surface area (Å²) in [5.41, 5.74) is -0.383. The first-order valence-corrected chi connectivity index (χ1v) is 14.7. The molecular weight excluding hydrogens is 464 g/mol. The zero-order valence-corrected chi connectivity index (χ0v) is 26.1. The summed E-state index contributed by atoms with van der Waals surface area (Å²) in [5, 5.41) is 0. The number of rotatable bonds is 11. The molecular formula is C31H58N2O4. The van der Waals surface area contributed by atoms with Crippen molar-refractivity contribution in [1.29, 1.82) is 0 Å². The monoisotopic (exact) mass is 522 g/mol. The number of hydrogen-bond acceptors (Lipinski definition) is 6. The van der Waals surface area contributed by atoms with Crippen LogP contribution in [0.1, 0.15) is 139 Å². The fourth-order valence-electron chi connectivity index (χ4n) is 7.20. The van der Waals surface area contributed by atoms with Gasteiger partial charge in [-0.3, -0.25) is 19.4 Å². The van der Waals surface area contributed by atoms with Gasteiger partial charge in [0.15, 0.2) is 0 Å². The van der Waals surface area contributed by atoms with Crippen molar-refractivity contribution >= 4 is 11.9 Å². The largest absolute Gasteiger partial charge is 0.462 e. The molecule has 2 aliphatic heterocycles. The summed E-state index contributed by atoms with van der Waals surface area (Å²) in [7, 11) is 4.33. The van der Waals surface area contributed by atoms with Gasteiger partial charge in [-0.05, 0) is 89.3 Å². The van der Waals surface area contributed by atoms with Gasteiger partial charge < -0.3 is 9.47 Å². The molecule has 0 aromatic carbocycles. The van der Waals surface area contributed by atoms with Crippen LogP contribution >= 0.6 is 0 Å². The molecule has 0 aromatic rings. The van der Waals surface area contributed by atoms with E-state index in [0.717, 1.165) is 64.2 Å². The van der Waals surface area contributed by atoms with Crippen LogP contribution in [0.15, 0.2) is 0 Å². The van der Waals surface area contributed by atoms with Crippen LogP contribution in [0.4, 0.5) is 0 Å². The van der Waals surface area contributed by atoms with Gasteiger partial charge in [-0.25, -0.2) is 0 Å². The number of piperidine rings is 2. The summed E-state index contributed by atoms with van der Waals surface area (Å²) < 4.78 is 11.9. The summed E-state index contributed by atoms with van der Waals surface area (Å²) in [6, 6.07) is 0. The number of likely N-dealkylation sites (tertiary alicyclic amines) is 2. The number of esters is 2. The summed E-state index contributed by atoms with van der Waals surface area (Å²) in [4.78, 5) is 29.8. The molecule has 0 radical (unpaired) electrons. The van der Waals surface area contributed by atoms with Crippen molar-refractivity contribution in [2.75, 3.05) is 14.1 Å². The average Bonchev–Trinajstić information content (AvgIpc) is 2.70. The minimum Gasteiger partial charge on any atom is -0.462 e. The predicted octanol–water partition coefficient (Wildman–Crippen LogP) is 6.89. The Morgan fingerprint density at radius 2 is 1.00 bits per heavy atom. The highest BCUT2D eigenvalue weighted by Gasteiger charge is 2.50. The second-order valence-corrected chi connectivity index (χ2v) is 14.8. The van der Waals surface area contributed by atoms with E-state index in [1.807, 2.05) is 0 Å². The maximum absolute atomic E-state index is 12.6. The molecule has 0 aromatic heterocycles. The molecule has 0 spiro atoms. The molecule has 0 aliphatic carbocycles. The van der Waals surface area contributed by atoms with Gasteiger partial charge in [-0.15, -0.1) is 0 Å². The zero-order chi connectivity index (χ0) is 28.3. The number of carbonyl (C=O) groups excluding carboxylic acids is 2. The molecule has 216 valence electrons. The molecule has 2 saturated heterocycles. The highest BCUT2D eigenvalue weighted by molar-refractivity contribution is 5.70. The topological polar surface area (TPSA) is 59.1 Å². The lowest BCUT2D eigenvalue weighted by Crippen LogP contribution is -2.63. The van der Waals surface area contributed by atoms with E-state index in [0.29, 0.717) is 12.8 Å². The Bertz CT molecular complexity index is 750. The van der Waals surface area contributed by atoms with E-state index in [-0.39, 0.29) is 40.2 Å². The molecule has 0 saturated carbocycles. The lowest BCUT2D eigenvalue weighted by Gasteiger charge is -2.56. The van der Waals surface area contributed by atoms with E-state index in [4.69, 9.17) is 9.47 Å². The fraction of sp³-hybridized carbons (Fsp3) is 0.935. The number of hydrogen-bond donors (Lipinski definition) is 0. The van der Waals surface area contributed by atoms with Crippen LogP contribution in [0, 0.1) is 0 Å². The molecule has 2 rings (SSSR count). The molecule has 6 heteroatoms. The molecule has 0 bridgehead atoms. The van der Waals surface area contributed by atoms with Crippen LogP contribution in [0.3, 0.4) is 0 Å². The maximum Gasteiger partial charge on any atom is 0.306 e. The quantitative estimate of drug-likeness (QED) is 0.218. The number of carbonyl (C=O) groups is 2. The number of unbranched alkanes of at least 4 members (excludes halogenated alkanes) is 5. The van der Waals surface area contributed by atoms with Gasteiger partial charge >= 0.3 is 11.9 Å². The van der Waals surface area contributed by atoms with Crippen molar-refractivity contribution in [3.05, 3.63) is 0 Å². The highest BCUT2D eigenvalue weighted by Crippen LogP contribution is 2.44. The van der Waals surface area contributed by atoms with Crippen LogP contribution in [-0.4, -0.2) is 69.7 Å². The van der Waals surface area contributed by atoms with Crippen molar-refractivity contribution in [2.24, 2.45) is 0 Å². The van der Waals surface area contributed by atoms with E-state index in [1.54, 1.807) is 0 Å². The predicted molar refractivity (Wildman–Crippen MR) is 152 cm³/mol. The van der Waals surface area contributed by atoms with Gasteiger partial charge in [0.25, 0.3) is 0 Å². The van der Waals surface area contributed by atoms with Gasteiger partial charge in [0.2, 0.25) is 0 Å². The molecule has 0 N–H and O–H groups in total. The Morgan fingerprint density at radius 1 is 0.622 bits per heavy atom. The maximum atomic E-state index is 12.6. The van der Waals surface area contributed by atoms with Crippen LogP contribution in [-0.2, 0) is 19.1 Å². The molecule has 6 nitrogen and oxygen atoms in total. The summed E-state index contributed by atoms with van der Waals surface area (Å²) >= 11 is 0. The first-order chi connectivity index (χ1) is 16.8.